The summed E-state index contributed by atoms with van der Waals surface area (Å²) in [7, 11) is -4.07. The van der Waals surface area contributed by atoms with Crippen molar-refractivity contribution in [2.45, 2.75) is 21.6 Å². The zero-order valence-electron chi connectivity index (χ0n) is 19.8. The molecule has 5 rings (SSSR count). The highest BCUT2D eigenvalue weighted by Crippen LogP contribution is 2.44. The lowest BCUT2D eigenvalue weighted by molar-refractivity contribution is -0.384. The van der Waals surface area contributed by atoms with Gasteiger partial charge in [0.2, 0.25) is 0 Å². The number of fused-ring (bicyclic) bond motifs is 2. The van der Waals surface area contributed by atoms with Gasteiger partial charge in [-0.1, -0.05) is 41.6 Å². The number of nitrogens with zero attached hydrogens (tertiary/aromatic N) is 2. The summed E-state index contributed by atoms with van der Waals surface area (Å²) in [6, 6.07) is 23.5. The van der Waals surface area contributed by atoms with Crippen molar-refractivity contribution in [3.05, 3.63) is 106 Å². The average molecular weight is 566 g/mol. The summed E-state index contributed by atoms with van der Waals surface area (Å²) in [5, 5.41) is 19.9. The van der Waals surface area contributed by atoms with Crippen LogP contribution in [-0.4, -0.2) is 19.1 Å². The van der Waals surface area contributed by atoms with Crippen molar-refractivity contribution in [2.75, 3.05) is 15.5 Å². The van der Waals surface area contributed by atoms with Crippen LogP contribution in [0.1, 0.15) is 12.5 Å². The van der Waals surface area contributed by atoms with Crippen LogP contribution >= 0.6 is 23.4 Å². The van der Waals surface area contributed by atoms with E-state index in [1.165, 1.54) is 36.4 Å². The first-order chi connectivity index (χ1) is 18.2. The van der Waals surface area contributed by atoms with Crippen LogP contribution in [0.5, 0.6) is 0 Å². The van der Waals surface area contributed by atoms with E-state index < -0.39 is 20.6 Å². The number of nitrogens with one attached hydrogen (secondary N) is 3. The molecule has 1 aliphatic rings. The Morgan fingerprint density at radius 1 is 0.974 bits per heavy atom. The van der Waals surface area contributed by atoms with Crippen LogP contribution in [0.25, 0.3) is 0 Å². The number of hydrazone groups is 1. The minimum Gasteiger partial charge on any atom is -0.354 e. The fourth-order valence-corrected chi connectivity index (χ4v) is 5.90. The maximum atomic E-state index is 12.8. The van der Waals surface area contributed by atoms with Crippen LogP contribution in [0.4, 0.5) is 28.4 Å². The van der Waals surface area contributed by atoms with Gasteiger partial charge in [-0.15, -0.1) is 0 Å². The third-order valence-corrected chi connectivity index (χ3v) is 8.47. The molecule has 1 heterocycles. The summed E-state index contributed by atoms with van der Waals surface area (Å²) in [5.41, 5.74) is 5.99. The van der Waals surface area contributed by atoms with E-state index in [1.54, 1.807) is 18.7 Å². The second-order valence-corrected chi connectivity index (χ2v) is 11.5. The molecule has 0 unspecified atom stereocenters. The minimum atomic E-state index is -4.07. The van der Waals surface area contributed by atoms with E-state index in [1.807, 2.05) is 36.4 Å². The van der Waals surface area contributed by atoms with Gasteiger partial charge in [0.15, 0.2) is 0 Å². The van der Waals surface area contributed by atoms with E-state index in [2.05, 4.69) is 26.6 Å². The Balaban J connectivity index is 1.36. The molecule has 0 saturated heterocycles. The second-order valence-electron chi connectivity index (χ2n) is 8.29. The highest BCUT2D eigenvalue weighted by molar-refractivity contribution is 7.99. The van der Waals surface area contributed by atoms with Crippen LogP contribution in [0, 0.1) is 10.1 Å². The summed E-state index contributed by atoms with van der Waals surface area (Å²) in [6.45, 7) is 1.78. The molecule has 0 saturated carbocycles. The molecule has 4 aromatic rings. The Labute approximate surface area is 228 Å². The Bertz CT molecular complexity index is 1690. The van der Waals surface area contributed by atoms with E-state index in [4.69, 9.17) is 11.6 Å². The van der Waals surface area contributed by atoms with E-state index in [9.17, 15) is 18.5 Å². The van der Waals surface area contributed by atoms with E-state index in [-0.39, 0.29) is 16.3 Å². The summed E-state index contributed by atoms with van der Waals surface area (Å²) in [6.07, 6.45) is 0. The van der Waals surface area contributed by atoms with Crippen molar-refractivity contribution in [1.82, 2.24) is 0 Å². The largest absolute Gasteiger partial charge is 0.354 e. The number of anilines is 4. The first kappa shape index (κ1) is 25.6. The van der Waals surface area contributed by atoms with Gasteiger partial charge in [0.05, 0.1) is 26.9 Å². The maximum absolute atomic E-state index is 12.8. The highest BCUT2D eigenvalue weighted by atomic mass is 35.5. The molecule has 9 nitrogen and oxygen atoms in total. The molecule has 0 spiro atoms. The molecule has 0 aliphatic carbocycles. The van der Waals surface area contributed by atoms with Crippen LogP contribution in [-0.2, 0) is 10.0 Å². The molecule has 1 aliphatic heterocycles. The lowest BCUT2D eigenvalue weighted by Crippen LogP contribution is -2.13. The van der Waals surface area contributed by atoms with Crippen molar-refractivity contribution >= 4 is 67.5 Å². The quantitative estimate of drug-likeness (QED) is 0.109. The Morgan fingerprint density at radius 2 is 1.71 bits per heavy atom. The third-order valence-electron chi connectivity index (χ3n) is 5.69. The Hall–Kier alpha value is -4.06. The maximum Gasteiger partial charge on any atom is 0.295 e. The number of nitro benzene ring substituents is 1. The molecular formula is C26H20ClN5O4S2. The molecule has 38 heavy (non-hydrogen) atoms. The summed E-state index contributed by atoms with van der Waals surface area (Å²) >= 11 is 7.51. The summed E-state index contributed by atoms with van der Waals surface area (Å²) in [4.78, 5) is 13.0. The Morgan fingerprint density at radius 3 is 2.47 bits per heavy atom. The van der Waals surface area contributed by atoms with Gasteiger partial charge in [-0.3, -0.25) is 20.3 Å². The average Bonchev–Trinajstić information content (AvgIpc) is 2.91. The molecule has 0 bridgehead atoms. The molecule has 192 valence electrons. The molecule has 12 heteroatoms. The van der Waals surface area contributed by atoms with Gasteiger partial charge in [-0.25, -0.2) is 8.42 Å². The van der Waals surface area contributed by atoms with E-state index >= 15 is 0 Å². The standard InChI is InChI=1S/C26H20ClN5O4S2/c1-16(17-6-13-26-23(14-17)28-22-4-2-3-5-25(22)37-26)29-30-21-12-11-20(15-24(21)32(33)34)38(35,36)31-19-9-7-18(27)8-10-19/h2-15,28,30-31H,1H3/b29-16-. The molecule has 3 N–H and O–H groups in total. The van der Waals surface area contributed by atoms with Gasteiger partial charge in [0, 0.05) is 26.6 Å². The number of para-hydroxylation sites is 1. The van der Waals surface area contributed by atoms with Crippen molar-refractivity contribution < 1.29 is 13.3 Å². The van der Waals surface area contributed by atoms with E-state index in [0.717, 1.165) is 32.8 Å². The number of sulfonamides is 1. The van der Waals surface area contributed by atoms with Gasteiger partial charge >= 0.3 is 0 Å². The fraction of sp³-hybridized carbons (Fsp3) is 0.0385. The number of hydrogen-bond acceptors (Lipinski definition) is 8. The van der Waals surface area contributed by atoms with Crippen molar-refractivity contribution in [3.63, 3.8) is 0 Å². The number of benzene rings is 4. The first-order valence-electron chi connectivity index (χ1n) is 11.2. The lowest BCUT2D eigenvalue weighted by Gasteiger charge is -2.21. The normalized spacial score (nSPS) is 12.6. The number of nitro groups is 1. The molecule has 0 aromatic heterocycles. The predicted octanol–water partition coefficient (Wildman–Crippen LogP) is 7.09. The molecule has 0 fully saturated rings. The number of rotatable bonds is 7. The molecule has 0 atom stereocenters. The monoisotopic (exact) mass is 565 g/mol. The topological polar surface area (TPSA) is 126 Å². The van der Waals surface area contributed by atoms with Gasteiger partial charge < -0.3 is 5.32 Å². The Kier molecular flexibility index (Phi) is 6.98. The van der Waals surface area contributed by atoms with Crippen molar-refractivity contribution in [3.8, 4) is 0 Å². The van der Waals surface area contributed by atoms with Gasteiger partial charge in [0.25, 0.3) is 15.7 Å². The molecule has 4 aromatic carbocycles. The van der Waals surface area contributed by atoms with Gasteiger partial charge in [0.1, 0.15) is 5.69 Å². The van der Waals surface area contributed by atoms with Crippen molar-refractivity contribution in [1.29, 1.82) is 0 Å². The van der Waals surface area contributed by atoms with Crippen molar-refractivity contribution in [2.24, 2.45) is 5.10 Å². The minimum absolute atomic E-state index is 0.0559. The second kappa shape index (κ2) is 10.4. The molecule has 0 radical (unpaired) electrons. The lowest BCUT2D eigenvalue weighted by atomic mass is 10.1. The summed E-state index contributed by atoms with van der Waals surface area (Å²) < 4.78 is 28.0. The molecular weight excluding hydrogens is 546 g/mol. The van der Waals surface area contributed by atoms with Gasteiger partial charge in [-0.05, 0) is 73.2 Å². The van der Waals surface area contributed by atoms with Crippen LogP contribution < -0.4 is 15.5 Å². The number of hydrogen-bond donors (Lipinski definition) is 3. The van der Waals surface area contributed by atoms with E-state index in [0.29, 0.717) is 10.7 Å². The smallest absolute Gasteiger partial charge is 0.295 e. The highest BCUT2D eigenvalue weighted by Gasteiger charge is 2.22. The zero-order chi connectivity index (χ0) is 26.9. The van der Waals surface area contributed by atoms with Gasteiger partial charge in [-0.2, -0.15) is 5.10 Å². The van der Waals surface area contributed by atoms with Crippen LogP contribution in [0.15, 0.2) is 105 Å². The number of halogens is 1. The zero-order valence-corrected chi connectivity index (χ0v) is 22.2. The summed E-state index contributed by atoms with van der Waals surface area (Å²) in [5.74, 6) is 0. The fourth-order valence-electron chi connectivity index (χ4n) is 3.73. The van der Waals surface area contributed by atoms with Crippen LogP contribution in [0.3, 0.4) is 0 Å². The van der Waals surface area contributed by atoms with Crippen LogP contribution in [0.2, 0.25) is 5.02 Å². The first-order valence-corrected chi connectivity index (χ1v) is 13.9. The third kappa shape index (κ3) is 5.44. The molecule has 0 amide bonds. The predicted molar refractivity (Wildman–Crippen MR) is 151 cm³/mol. The SMILES string of the molecule is C/C(=N/Nc1ccc(S(=O)(=O)Nc2ccc(Cl)cc2)cc1[N+](=O)[O-])c1ccc2c(c1)Nc1ccccc1S2.